The lowest BCUT2D eigenvalue weighted by molar-refractivity contribution is -0.134. The van der Waals surface area contributed by atoms with E-state index in [-0.39, 0.29) is 29.6 Å². The molecule has 2 heterocycles. The summed E-state index contributed by atoms with van der Waals surface area (Å²) in [4.78, 5) is 34.7. The van der Waals surface area contributed by atoms with Gasteiger partial charge in [-0.2, -0.15) is 0 Å². The summed E-state index contributed by atoms with van der Waals surface area (Å²) < 4.78 is 24.6. The van der Waals surface area contributed by atoms with Gasteiger partial charge in [-0.05, 0) is 36.8 Å². The molecule has 0 atom stereocenters. The molecule has 0 spiro atoms. The molecule has 0 aliphatic heterocycles. The van der Waals surface area contributed by atoms with Crippen LogP contribution in [0.1, 0.15) is 30.1 Å². The maximum atomic E-state index is 14.0. The number of halogens is 1. The number of benzene rings is 1. The molecule has 3 rings (SSSR count). The van der Waals surface area contributed by atoms with E-state index >= 15 is 0 Å². The summed E-state index contributed by atoms with van der Waals surface area (Å²) in [7, 11) is 0. The number of rotatable bonds is 7. The van der Waals surface area contributed by atoms with Crippen LogP contribution >= 0.6 is 0 Å². The highest BCUT2D eigenvalue weighted by molar-refractivity contribution is 5.92. The van der Waals surface area contributed by atoms with Crippen LogP contribution in [-0.2, 0) is 4.79 Å². The molecule has 1 amide bonds. The molecule has 0 saturated heterocycles. The number of primary amides is 1. The minimum Gasteiger partial charge on any atom is -0.436 e. The van der Waals surface area contributed by atoms with Gasteiger partial charge in [0.1, 0.15) is 5.75 Å². The zero-order valence-electron chi connectivity index (χ0n) is 16.0. The van der Waals surface area contributed by atoms with Gasteiger partial charge in [0, 0.05) is 18.2 Å². The van der Waals surface area contributed by atoms with E-state index in [0.717, 1.165) is 12.3 Å². The van der Waals surface area contributed by atoms with E-state index in [1.165, 1.54) is 6.20 Å². The van der Waals surface area contributed by atoms with E-state index in [2.05, 4.69) is 15.0 Å². The Morgan fingerprint density at radius 2 is 1.83 bits per heavy atom. The van der Waals surface area contributed by atoms with Crippen LogP contribution in [0, 0.1) is 5.82 Å². The summed E-state index contributed by atoms with van der Waals surface area (Å²) >= 11 is 0. The van der Waals surface area contributed by atoms with Gasteiger partial charge in [0.05, 0.1) is 17.5 Å². The van der Waals surface area contributed by atoms with Crippen molar-refractivity contribution in [1.29, 1.82) is 0 Å². The molecule has 9 nitrogen and oxygen atoms in total. The Bertz CT molecular complexity index is 1090. The summed E-state index contributed by atoms with van der Waals surface area (Å²) in [5.41, 5.74) is 11.8. The lowest BCUT2D eigenvalue weighted by Gasteiger charge is -2.09. The number of nitrogens with two attached hydrogens (primary N) is 2. The third kappa shape index (κ3) is 4.85. The molecular formula is C20H18FN5O4. The average molecular weight is 411 g/mol. The van der Waals surface area contributed by atoms with E-state index in [1.807, 2.05) is 6.92 Å². The molecule has 30 heavy (non-hydrogen) atoms. The highest BCUT2D eigenvalue weighted by atomic mass is 19.1. The van der Waals surface area contributed by atoms with Crippen LogP contribution in [-0.4, -0.2) is 26.8 Å². The van der Waals surface area contributed by atoms with Gasteiger partial charge >= 0.3 is 5.97 Å². The first kappa shape index (κ1) is 20.6. The molecule has 154 valence electrons. The van der Waals surface area contributed by atoms with Gasteiger partial charge in [-0.15, -0.1) is 0 Å². The van der Waals surface area contributed by atoms with Crippen LogP contribution in [0.4, 0.5) is 10.2 Å². The number of carbonyl (C=O) groups excluding carboxylic acids is 2. The number of anilines is 1. The average Bonchev–Trinajstić information content (AvgIpc) is 2.72. The van der Waals surface area contributed by atoms with Crippen LogP contribution in [0.25, 0.3) is 11.3 Å². The fourth-order valence-electron chi connectivity index (χ4n) is 2.40. The van der Waals surface area contributed by atoms with Gasteiger partial charge in [-0.1, -0.05) is 6.92 Å². The van der Waals surface area contributed by atoms with E-state index in [9.17, 15) is 14.0 Å². The molecule has 0 unspecified atom stereocenters. The molecule has 0 aliphatic carbocycles. The lowest BCUT2D eigenvalue weighted by atomic mass is 10.1. The first-order chi connectivity index (χ1) is 14.4. The molecule has 10 heteroatoms. The minimum atomic E-state index is -0.821. The number of ether oxygens (including phenoxy) is 2. The summed E-state index contributed by atoms with van der Waals surface area (Å²) in [6.45, 7) is 1.85. The number of nitrogens with zero attached hydrogens (tertiary/aromatic N) is 3. The van der Waals surface area contributed by atoms with Crippen LogP contribution in [0.15, 0.2) is 42.7 Å². The fraction of sp³-hybridized carbons (Fsp3) is 0.150. The highest BCUT2D eigenvalue weighted by Crippen LogP contribution is 2.27. The Morgan fingerprint density at radius 1 is 1.10 bits per heavy atom. The second-order valence-corrected chi connectivity index (χ2v) is 6.17. The Balaban J connectivity index is 1.77. The Morgan fingerprint density at radius 3 is 2.47 bits per heavy atom. The number of pyridine rings is 1. The maximum Gasteiger partial charge on any atom is 0.312 e. The predicted molar refractivity (Wildman–Crippen MR) is 105 cm³/mol. The number of hydrogen-bond acceptors (Lipinski definition) is 8. The SMILES string of the molecule is CCCC(=O)Oc1nc(-c2ccc(Oc3ncc(C(N)=O)cc3F)cc2)cnc1N. The molecule has 3 aromatic rings. The van der Waals surface area contributed by atoms with E-state index in [4.69, 9.17) is 20.9 Å². The third-order valence-electron chi connectivity index (χ3n) is 3.89. The highest BCUT2D eigenvalue weighted by Gasteiger charge is 2.13. The quantitative estimate of drug-likeness (QED) is 0.565. The monoisotopic (exact) mass is 411 g/mol. The van der Waals surface area contributed by atoms with Crippen LogP contribution in [0.2, 0.25) is 0 Å². The van der Waals surface area contributed by atoms with Crippen LogP contribution < -0.4 is 20.9 Å². The summed E-state index contributed by atoms with van der Waals surface area (Å²) in [6.07, 6.45) is 3.43. The first-order valence-corrected chi connectivity index (χ1v) is 8.94. The number of amides is 1. The number of nitrogen functional groups attached to an aromatic ring is 1. The standard InChI is InChI=1S/C20H18FN5O4/c1-2-3-16(27)30-20-17(22)24-10-15(26-20)11-4-6-13(7-5-11)29-19-14(21)8-12(9-25-19)18(23)28/h4-10H,2-3H2,1H3,(H2,22,24)(H2,23,28). The molecule has 0 bridgehead atoms. The summed E-state index contributed by atoms with van der Waals surface area (Å²) in [5.74, 6) is -2.12. The molecule has 1 aromatic carbocycles. The van der Waals surface area contributed by atoms with Crippen molar-refractivity contribution in [2.24, 2.45) is 5.73 Å². The van der Waals surface area contributed by atoms with Crippen molar-refractivity contribution in [2.75, 3.05) is 5.73 Å². The van der Waals surface area contributed by atoms with Gasteiger partial charge in [0.25, 0.3) is 11.8 Å². The molecule has 4 N–H and O–H groups in total. The van der Waals surface area contributed by atoms with Gasteiger partial charge in [-0.3, -0.25) is 9.59 Å². The Labute approximate surface area is 170 Å². The maximum absolute atomic E-state index is 14.0. The molecule has 0 aliphatic rings. The number of carbonyl (C=O) groups is 2. The van der Waals surface area contributed by atoms with E-state index in [1.54, 1.807) is 24.3 Å². The van der Waals surface area contributed by atoms with Crippen LogP contribution in [0.3, 0.4) is 0 Å². The first-order valence-electron chi connectivity index (χ1n) is 8.94. The summed E-state index contributed by atoms with van der Waals surface area (Å²) in [5, 5.41) is 0. The zero-order valence-corrected chi connectivity index (χ0v) is 16.0. The van der Waals surface area contributed by atoms with Crippen molar-refractivity contribution >= 4 is 17.7 Å². The normalized spacial score (nSPS) is 10.5. The van der Waals surface area contributed by atoms with Crippen molar-refractivity contribution in [1.82, 2.24) is 15.0 Å². The van der Waals surface area contributed by atoms with Gasteiger partial charge in [0.2, 0.25) is 5.91 Å². The number of hydrogen-bond donors (Lipinski definition) is 2. The molecule has 0 fully saturated rings. The second-order valence-electron chi connectivity index (χ2n) is 6.17. The van der Waals surface area contributed by atoms with E-state index < -0.39 is 17.7 Å². The number of esters is 1. The minimum absolute atomic E-state index is 0.00381. The van der Waals surface area contributed by atoms with E-state index in [0.29, 0.717) is 23.4 Å². The lowest BCUT2D eigenvalue weighted by Crippen LogP contribution is -2.11. The topological polar surface area (TPSA) is 143 Å². The zero-order chi connectivity index (χ0) is 21.7. The van der Waals surface area contributed by atoms with Crippen molar-refractivity contribution in [3.05, 3.63) is 54.1 Å². The smallest absolute Gasteiger partial charge is 0.312 e. The van der Waals surface area contributed by atoms with Crippen molar-refractivity contribution < 1.29 is 23.5 Å². The third-order valence-corrected chi connectivity index (χ3v) is 3.89. The fourth-order valence-corrected chi connectivity index (χ4v) is 2.40. The van der Waals surface area contributed by atoms with Gasteiger partial charge in [-0.25, -0.2) is 19.3 Å². The second kappa shape index (κ2) is 8.95. The largest absolute Gasteiger partial charge is 0.436 e. The van der Waals surface area contributed by atoms with Crippen molar-refractivity contribution in [2.45, 2.75) is 19.8 Å². The number of aromatic nitrogens is 3. The van der Waals surface area contributed by atoms with Gasteiger partial charge in [0.15, 0.2) is 11.6 Å². The van der Waals surface area contributed by atoms with Crippen molar-refractivity contribution in [3.63, 3.8) is 0 Å². The summed E-state index contributed by atoms with van der Waals surface area (Å²) in [6, 6.07) is 7.40. The Kier molecular flexibility index (Phi) is 6.16. The molecular weight excluding hydrogens is 393 g/mol. The molecule has 0 saturated carbocycles. The molecule has 0 radical (unpaired) electrons. The molecule has 2 aromatic heterocycles. The van der Waals surface area contributed by atoms with Crippen LogP contribution in [0.5, 0.6) is 17.5 Å². The van der Waals surface area contributed by atoms with Gasteiger partial charge < -0.3 is 20.9 Å². The predicted octanol–water partition coefficient (Wildman–Crippen LogP) is 2.86. The van der Waals surface area contributed by atoms with Crippen molar-refractivity contribution in [3.8, 4) is 28.8 Å². The Hall–Kier alpha value is -4.08.